The van der Waals surface area contributed by atoms with Gasteiger partial charge in [-0.05, 0) is 19.1 Å². The summed E-state index contributed by atoms with van der Waals surface area (Å²) in [6.07, 6.45) is 0. The van der Waals surface area contributed by atoms with Crippen molar-refractivity contribution in [1.29, 1.82) is 0 Å². The van der Waals surface area contributed by atoms with Crippen LogP contribution >= 0.6 is 0 Å². The van der Waals surface area contributed by atoms with Gasteiger partial charge in [0.1, 0.15) is 5.75 Å². The minimum Gasteiger partial charge on any atom is -0.508 e. The number of hydrogen-bond donors (Lipinski definition) is 3. The molecule has 0 heterocycles. The van der Waals surface area contributed by atoms with E-state index in [0.717, 1.165) is 0 Å². The molecular formula is C10H12N2O2. The Balaban J connectivity index is 2.60. The second-order valence-corrected chi connectivity index (χ2v) is 2.91. The van der Waals surface area contributed by atoms with E-state index in [2.05, 4.69) is 17.2 Å². The molecule has 0 bridgehead atoms. The maximum Gasteiger partial charge on any atom is 0.323 e. The van der Waals surface area contributed by atoms with Crippen molar-refractivity contribution in [2.45, 2.75) is 6.92 Å². The summed E-state index contributed by atoms with van der Waals surface area (Å²) in [6.45, 7) is 5.22. The summed E-state index contributed by atoms with van der Waals surface area (Å²) < 4.78 is 0. The largest absolute Gasteiger partial charge is 0.508 e. The maximum absolute atomic E-state index is 11.2. The van der Waals surface area contributed by atoms with E-state index < -0.39 is 0 Å². The molecule has 1 rings (SSSR count). The fraction of sp³-hybridized carbons (Fsp3) is 0.100. The summed E-state index contributed by atoms with van der Waals surface area (Å²) in [5, 5.41) is 14.1. The van der Waals surface area contributed by atoms with Gasteiger partial charge in [0.2, 0.25) is 0 Å². The number of aromatic hydroxyl groups is 1. The Bertz CT molecular complexity index is 361. The van der Waals surface area contributed by atoms with E-state index in [4.69, 9.17) is 5.11 Å². The number of hydrogen-bond acceptors (Lipinski definition) is 2. The number of carbonyl (C=O) groups is 1. The monoisotopic (exact) mass is 192 g/mol. The number of anilines is 1. The zero-order valence-corrected chi connectivity index (χ0v) is 7.87. The summed E-state index contributed by atoms with van der Waals surface area (Å²) in [4.78, 5) is 11.2. The first kappa shape index (κ1) is 10.1. The normalized spacial score (nSPS) is 9.21. The average molecular weight is 192 g/mol. The lowest BCUT2D eigenvalue weighted by atomic mass is 10.3. The van der Waals surface area contributed by atoms with E-state index in [-0.39, 0.29) is 11.8 Å². The Labute approximate surface area is 82.3 Å². The number of rotatable bonds is 2. The Morgan fingerprint density at radius 2 is 2.21 bits per heavy atom. The smallest absolute Gasteiger partial charge is 0.323 e. The van der Waals surface area contributed by atoms with Crippen LogP contribution in [0.3, 0.4) is 0 Å². The van der Waals surface area contributed by atoms with Crippen LogP contribution in [0.2, 0.25) is 0 Å². The lowest BCUT2D eigenvalue weighted by molar-refractivity contribution is 0.254. The third-order valence-electron chi connectivity index (χ3n) is 1.43. The maximum atomic E-state index is 11.2. The predicted octanol–water partition coefficient (Wildman–Crippen LogP) is 2.05. The van der Waals surface area contributed by atoms with Crippen molar-refractivity contribution in [2.24, 2.45) is 0 Å². The lowest BCUT2D eigenvalue weighted by Crippen LogP contribution is -2.26. The SMILES string of the molecule is C=C(C)NC(=O)Nc1cccc(O)c1. The number of allylic oxidation sites excluding steroid dienone is 1. The first-order valence-electron chi connectivity index (χ1n) is 4.10. The fourth-order valence-electron chi connectivity index (χ4n) is 0.940. The van der Waals surface area contributed by atoms with Gasteiger partial charge >= 0.3 is 6.03 Å². The fourth-order valence-corrected chi connectivity index (χ4v) is 0.940. The van der Waals surface area contributed by atoms with Crippen molar-refractivity contribution < 1.29 is 9.90 Å². The number of benzene rings is 1. The highest BCUT2D eigenvalue weighted by molar-refractivity contribution is 5.90. The van der Waals surface area contributed by atoms with Gasteiger partial charge in [-0.3, -0.25) is 0 Å². The zero-order chi connectivity index (χ0) is 10.6. The molecule has 0 fully saturated rings. The number of amides is 2. The number of carbonyl (C=O) groups excluding carboxylic acids is 1. The van der Waals surface area contributed by atoms with Crippen LogP contribution in [-0.4, -0.2) is 11.1 Å². The molecule has 4 heteroatoms. The Morgan fingerprint density at radius 1 is 1.50 bits per heavy atom. The summed E-state index contributed by atoms with van der Waals surface area (Å²) in [6, 6.07) is 5.94. The molecule has 3 N–H and O–H groups in total. The van der Waals surface area contributed by atoms with E-state index in [1.54, 1.807) is 19.1 Å². The Kier molecular flexibility index (Phi) is 3.12. The van der Waals surface area contributed by atoms with Crippen LogP contribution in [0.4, 0.5) is 10.5 Å². The van der Waals surface area contributed by atoms with Gasteiger partial charge in [-0.25, -0.2) is 4.79 Å². The predicted molar refractivity (Wildman–Crippen MR) is 55.1 cm³/mol. The third kappa shape index (κ3) is 3.18. The molecule has 0 aliphatic carbocycles. The van der Waals surface area contributed by atoms with Crippen LogP contribution in [0.25, 0.3) is 0 Å². The van der Waals surface area contributed by atoms with Crippen molar-refractivity contribution in [3.63, 3.8) is 0 Å². The van der Waals surface area contributed by atoms with Crippen molar-refractivity contribution in [2.75, 3.05) is 5.32 Å². The quantitative estimate of drug-likeness (QED) is 0.671. The molecule has 4 nitrogen and oxygen atoms in total. The van der Waals surface area contributed by atoms with Gasteiger partial charge in [0, 0.05) is 17.5 Å². The zero-order valence-electron chi connectivity index (χ0n) is 7.87. The Hall–Kier alpha value is -1.97. The molecule has 0 aliphatic heterocycles. The molecule has 0 aromatic heterocycles. The van der Waals surface area contributed by atoms with E-state index >= 15 is 0 Å². The van der Waals surface area contributed by atoms with Gasteiger partial charge < -0.3 is 15.7 Å². The molecule has 0 saturated heterocycles. The Morgan fingerprint density at radius 3 is 2.79 bits per heavy atom. The first-order valence-corrected chi connectivity index (χ1v) is 4.10. The third-order valence-corrected chi connectivity index (χ3v) is 1.43. The molecule has 2 amide bonds. The molecule has 0 unspecified atom stereocenters. The van der Waals surface area contributed by atoms with E-state index in [1.165, 1.54) is 12.1 Å². The van der Waals surface area contributed by atoms with Crippen LogP contribution < -0.4 is 10.6 Å². The van der Waals surface area contributed by atoms with Crippen LogP contribution in [-0.2, 0) is 0 Å². The van der Waals surface area contributed by atoms with E-state index in [9.17, 15) is 4.79 Å². The molecule has 1 aromatic rings. The summed E-state index contributed by atoms with van der Waals surface area (Å²) in [5.74, 6) is 0.109. The highest BCUT2D eigenvalue weighted by Gasteiger charge is 2.00. The highest BCUT2D eigenvalue weighted by Crippen LogP contribution is 2.14. The van der Waals surface area contributed by atoms with Crippen LogP contribution in [0.1, 0.15) is 6.92 Å². The minimum atomic E-state index is -0.372. The van der Waals surface area contributed by atoms with Crippen molar-refractivity contribution in [3.05, 3.63) is 36.5 Å². The number of phenolic OH excluding ortho intramolecular Hbond substituents is 1. The summed E-state index contributed by atoms with van der Waals surface area (Å²) in [5.41, 5.74) is 1.09. The van der Waals surface area contributed by atoms with Crippen molar-refractivity contribution >= 4 is 11.7 Å². The van der Waals surface area contributed by atoms with Crippen molar-refractivity contribution in [1.82, 2.24) is 5.32 Å². The molecule has 74 valence electrons. The topological polar surface area (TPSA) is 61.4 Å². The molecule has 0 aliphatic rings. The van der Waals surface area contributed by atoms with E-state index in [1.807, 2.05) is 0 Å². The average Bonchev–Trinajstić information content (AvgIpc) is 2.01. The van der Waals surface area contributed by atoms with Gasteiger partial charge in [-0.15, -0.1) is 0 Å². The number of phenols is 1. The van der Waals surface area contributed by atoms with Gasteiger partial charge in [-0.1, -0.05) is 12.6 Å². The summed E-state index contributed by atoms with van der Waals surface area (Å²) in [7, 11) is 0. The molecule has 0 atom stereocenters. The number of nitrogens with one attached hydrogen (secondary N) is 2. The summed E-state index contributed by atoms with van der Waals surface area (Å²) >= 11 is 0. The molecule has 0 radical (unpaired) electrons. The lowest BCUT2D eigenvalue weighted by Gasteiger charge is -2.06. The first-order chi connectivity index (χ1) is 6.58. The van der Waals surface area contributed by atoms with E-state index in [0.29, 0.717) is 11.4 Å². The van der Waals surface area contributed by atoms with Crippen LogP contribution in [0.15, 0.2) is 36.5 Å². The van der Waals surface area contributed by atoms with Crippen LogP contribution in [0, 0.1) is 0 Å². The molecule has 1 aromatic carbocycles. The van der Waals surface area contributed by atoms with Gasteiger partial charge in [0.25, 0.3) is 0 Å². The van der Waals surface area contributed by atoms with Gasteiger partial charge in [0.05, 0.1) is 0 Å². The molecule has 14 heavy (non-hydrogen) atoms. The minimum absolute atomic E-state index is 0.109. The molecule has 0 spiro atoms. The highest BCUT2D eigenvalue weighted by atomic mass is 16.3. The second-order valence-electron chi connectivity index (χ2n) is 2.91. The molecular weight excluding hydrogens is 180 g/mol. The van der Waals surface area contributed by atoms with Crippen molar-refractivity contribution in [3.8, 4) is 5.75 Å². The standard InChI is InChI=1S/C10H12N2O2/c1-7(2)11-10(14)12-8-4-3-5-9(13)6-8/h3-6,13H,1H2,2H3,(H2,11,12,14). The van der Waals surface area contributed by atoms with Gasteiger partial charge in [0.15, 0.2) is 0 Å². The number of urea groups is 1. The second kappa shape index (κ2) is 4.32. The van der Waals surface area contributed by atoms with Gasteiger partial charge in [-0.2, -0.15) is 0 Å². The molecule has 0 saturated carbocycles. The van der Waals surface area contributed by atoms with Crippen LogP contribution in [0.5, 0.6) is 5.75 Å².